The summed E-state index contributed by atoms with van der Waals surface area (Å²) < 4.78 is 16.1. The zero-order valence-corrected chi connectivity index (χ0v) is 19.8. The van der Waals surface area contributed by atoms with E-state index in [9.17, 15) is 9.59 Å². The van der Waals surface area contributed by atoms with Crippen LogP contribution in [-0.2, 0) is 19.0 Å². The van der Waals surface area contributed by atoms with Crippen LogP contribution in [0.2, 0.25) is 0 Å². The maximum Gasteiger partial charge on any atom is 0.315 e. The van der Waals surface area contributed by atoms with Crippen molar-refractivity contribution in [1.29, 1.82) is 0 Å². The summed E-state index contributed by atoms with van der Waals surface area (Å²) in [5.74, 6) is 1.14. The molecule has 0 radical (unpaired) electrons. The van der Waals surface area contributed by atoms with Crippen molar-refractivity contribution in [2.45, 2.75) is 75.6 Å². The van der Waals surface area contributed by atoms with Gasteiger partial charge in [-0.2, -0.15) is 11.8 Å². The third-order valence-electron chi connectivity index (χ3n) is 5.57. The molecule has 2 heterocycles. The van der Waals surface area contributed by atoms with E-state index in [1.807, 2.05) is 18.7 Å². The molecule has 0 bridgehead atoms. The average molecular weight is 460 g/mol. The molecule has 2 aliphatic rings. The maximum atomic E-state index is 12.0. The molecule has 8 nitrogen and oxygen atoms in total. The largest absolute Gasteiger partial charge is 0.379 e. The molecule has 0 spiro atoms. The Morgan fingerprint density at radius 1 is 0.968 bits per heavy atom. The first-order valence-electron chi connectivity index (χ1n) is 11.9. The molecular weight excluding hydrogens is 418 g/mol. The zero-order valence-electron chi connectivity index (χ0n) is 19.0. The van der Waals surface area contributed by atoms with Crippen LogP contribution in [0.25, 0.3) is 0 Å². The number of hydrogen-bond acceptors (Lipinski definition) is 6. The topological polar surface area (TPSA) is 97.9 Å². The van der Waals surface area contributed by atoms with Gasteiger partial charge in [0.05, 0.1) is 38.5 Å². The number of thioether (sulfide) groups is 1. The fourth-order valence-corrected chi connectivity index (χ4v) is 5.40. The van der Waals surface area contributed by atoms with Gasteiger partial charge >= 0.3 is 6.03 Å². The normalized spacial score (nSPS) is 22.2. The van der Waals surface area contributed by atoms with Crippen molar-refractivity contribution in [2.24, 2.45) is 0 Å². The summed E-state index contributed by atoms with van der Waals surface area (Å²) in [5.41, 5.74) is 0. The van der Waals surface area contributed by atoms with E-state index in [0.29, 0.717) is 38.1 Å². The van der Waals surface area contributed by atoms with Gasteiger partial charge in [0.2, 0.25) is 5.91 Å². The van der Waals surface area contributed by atoms with E-state index in [2.05, 4.69) is 16.0 Å². The van der Waals surface area contributed by atoms with Crippen LogP contribution in [-0.4, -0.2) is 81.2 Å². The lowest BCUT2D eigenvalue weighted by atomic mass is 10.0. The maximum absolute atomic E-state index is 12.0. The second kappa shape index (κ2) is 16.6. The van der Waals surface area contributed by atoms with Gasteiger partial charge in [-0.15, -0.1) is 0 Å². The van der Waals surface area contributed by atoms with Gasteiger partial charge in [0.15, 0.2) is 0 Å². The van der Waals surface area contributed by atoms with Crippen molar-refractivity contribution in [2.75, 3.05) is 51.9 Å². The average Bonchev–Trinajstić information content (AvgIpc) is 3.30. The standard InChI is InChI=1S/C22H41N3O5S/c1-2-28-13-14-30-16-15-29-12-8-4-3-7-11-23-20(26)10-6-5-9-19-21-18(17-31-19)24-22(27)25-21/h18-19,21H,2-17H2,1H3,(H,23,26)(H2,24,25,27)/t18-,19?,21-/m0/s1. The van der Waals surface area contributed by atoms with E-state index >= 15 is 0 Å². The van der Waals surface area contributed by atoms with Crippen LogP contribution in [0.3, 0.4) is 0 Å². The minimum Gasteiger partial charge on any atom is -0.379 e. The van der Waals surface area contributed by atoms with E-state index in [1.165, 1.54) is 0 Å². The van der Waals surface area contributed by atoms with E-state index in [4.69, 9.17) is 14.2 Å². The molecule has 2 fully saturated rings. The van der Waals surface area contributed by atoms with Gasteiger partial charge in [-0.3, -0.25) is 4.79 Å². The molecule has 3 atom stereocenters. The predicted molar refractivity (Wildman–Crippen MR) is 124 cm³/mol. The van der Waals surface area contributed by atoms with Crippen molar-refractivity contribution in [1.82, 2.24) is 16.0 Å². The van der Waals surface area contributed by atoms with Gasteiger partial charge in [0.25, 0.3) is 0 Å². The molecule has 31 heavy (non-hydrogen) atoms. The second-order valence-corrected chi connectivity index (χ2v) is 9.33. The number of hydrogen-bond donors (Lipinski definition) is 3. The number of unbranched alkanes of at least 4 members (excludes halogenated alkanes) is 4. The van der Waals surface area contributed by atoms with E-state index in [1.54, 1.807) is 0 Å². The molecule has 2 rings (SSSR count). The number of carbonyl (C=O) groups is 2. The first kappa shape index (κ1) is 26.2. The van der Waals surface area contributed by atoms with E-state index in [0.717, 1.165) is 70.5 Å². The lowest BCUT2D eigenvalue weighted by molar-refractivity contribution is -0.121. The summed E-state index contributed by atoms with van der Waals surface area (Å²) in [6.07, 6.45) is 7.88. The Bertz CT molecular complexity index is 512. The summed E-state index contributed by atoms with van der Waals surface area (Å²) in [7, 11) is 0. The third kappa shape index (κ3) is 11.4. The van der Waals surface area contributed by atoms with E-state index < -0.39 is 0 Å². The van der Waals surface area contributed by atoms with Gasteiger partial charge in [0.1, 0.15) is 0 Å². The van der Waals surface area contributed by atoms with Gasteiger partial charge in [-0.05, 0) is 32.6 Å². The minimum atomic E-state index is -0.0362. The molecule has 0 aromatic rings. The number of ether oxygens (including phenoxy) is 3. The van der Waals surface area contributed by atoms with Crippen LogP contribution in [0.1, 0.15) is 58.3 Å². The van der Waals surface area contributed by atoms with Gasteiger partial charge < -0.3 is 30.2 Å². The predicted octanol–water partition coefficient (Wildman–Crippen LogP) is 2.46. The highest BCUT2D eigenvalue weighted by atomic mass is 32.2. The van der Waals surface area contributed by atoms with Crippen LogP contribution >= 0.6 is 11.8 Å². The third-order valence-corrected chi connectivity index (χ3v) is 7.08. The van der Waals surface area contributed by atoms with Crippen molar-refractivity contribution in [3.8, 4) is 0 Å². The van der Waals surface area contributed by atoms with Crippen LogP contribution in [0.5, 0.6) is 0 Å². The number of rotatable bonds is 19. The number of carbonyl (C=O) groups excluding carboxylic acids is 2. The molecular formula is C22H41N3O5S. The monoisotopic (exact) mass is 459 g/mol. The summed E-state index contributed by atoms with van der Waals surface area (Å²) in [6.45, 7) is 6.75. The van der Waals surface area contributed by atoms with Crippen molar-refractivity contribution < 1.29 is 23.8 Å². The minimum absolute atomic E-state index is 0.0362. The Morgan fingerprint density at radius 2 is 1.71 bits per heavy atom. The number of amides is 3. The van der Waals surface area contributed by atoms with Crippen LogP contribution < -0.4 is 16.0 Å². The van der Waals surface area contributed by atoms with Crippen LogP contribution in [0, 0.1) is 0 Å². The van der Waals surface area contributed by atoms with Gasteiger partial charge in [0, 0.05) is 37.2 Å². The summed E-state index contributed by atoms with van der Waals surface area (Å²) in [5, 5.41) is 9.48. The van der Waals surface area contributed by atoms with Gasteiger partial charge in [-0.1, -0.05) is 19.3 Å². The zero-order chi connectivity index (χ0) is 22.2. The van der Waals surface area contributed by atoms with Gasteiger partial charge in [-0.25, -0.2) is 4.79 Å². The number of urea groups is 1. The smallest absolute Gasteiger partial charge is 0.315 e. The Hall–Kier alpha value is -1.03. The Balaban J connectivity index is 1.30. The highest BCUT2D eigenvalue weighted by molar-refractivity contribution is 8.00. The second-order valence-electron chi connectivity index (χ2n) is 8.05. The van der Waals surface area contributed by atoms with E-state index in [-0.39, 0.29) is 24.0 Å². The lowest BCUT2D eigenvalue weighted by Crippen LogP contribution is -2.36. The molecule has 9 heteroatoms. The molecule has 2 saturated heterocycles. The first-order chi connectivity index (χ1) is 15.2. The molecule has 0 saturated carbocycles. The van der Waals surface area contributed by atoms with Crippen LogP contribution in [0.15, 0.2) is 0 Å². The number of nitrogens with one attached hydrogen (secondary N) is 3. The fourth-order valence-electron chi connectivity index (χ4n) is 3.86. The molecule has 180 valence electrons. The highest BCUT2D eigenvalue weighted by Gasteiger charge is 2.42. The summed E-state index contributed by atoms with van der Waals surface area (Å²) in [6, 6.07) is 0.504. The Labute approximate surface area is 191 Å². The quantitative estimate of drug-likeness (QED) is 0.203. The lowest BCUT2D eigenvalue weighted by Gasteiger charge is -2.16. The van der Waals surface area contributed by atoms with Crippen molar-refractivity contribution >= 4 is 23.7 Å². The Kier molecular flexibility index (Phi) is 14.0. The van der Waals surface area contributed by atoms with Crippen molar-refractivity contribution in [3.05, 3.63) is 0 Å². The molecule has 2 aliphatic heterocycles. The molecule has 0 aromatic carbocycles. The van der Waals surface area contributed by atoms with Crippen molar-refractivity contribution in [3.63, 3.8) is 0 Å². The number of fused-ring (bicyclic) bond motifs is 1. The molecule has 3 amide bonds. The Morgan fingerprint density at radius 3 is 2.52 bits per heavy atom. The van der Waals surface area contributed by atoms with Crippen LogP contribution in [0.4, 0.5) is 4.79 Å². The summed E-state index contributed by atoms with van der Waals surface area (Å²) in [4.78, 5) is 23.4. The highest BCUT2D eigenvalue weighted by Crippen LogP contribution is 2.33. The molecule has 0 aromatic heterocycles. The first-order valence-corrected chi connectivity index (χ1v) is 12.9. The molecule has 1 unspecified atom stereocenters. The fraction of sp³-hybridized carbons (Fsp3) is 0.909. The summed E-state index contributed by atoms with van der Waals surface area (Å²) >= 11 is 1.93. The molecule has 0 aliphatic carbocycles. The molecule has 3 N–H and O–H groups in total. The SMILES string of the molecule is CCOCCOCCOCCCCCCNC(=O)CCCCC1SC[C@@H]2NC(=O)N[C@H]12.